The van der Waals surface area contributed by atoms with E-state index in [0.717, 1.165) is 6.42 Å². The molecule has 1 aromatic rings. The van der Waals surface area contributed by atoms with Gasteiger partial charge >= 0.3 is 5.97 Å². The fourth-order valence-corrected chi connectivity index (χ4v) is 1.83. The second-order valence-corrected chi connectivity index (χ2v) is 5.12. The number of nitrogens with one attached hydrogen (secondary N) is 2. The molecule has 0 spiro atoms. The van der Waals surface area contributed by atoms with Gasteiger partial charge in [-0.3, -0.25) is 9.89 Å². The van der Waals surface area contributed by atoms with Crippen LogP contribution in [-0.2, 0) is 9.53 Å². The maximum absolute atomic E-state index is 11.8. The van der Waals surface area contributed by atoms with E-state index in [4.69, 9.17) is 4.74 Å². The first-order valence-electron chi connectivity index (χ1n) is 5.97. The molecular formula is C12H17N3O3. The molecule has 0 aliphatic heterocycles. The summed E-state index contributed by atoms with van der Waals surface area (Å²) in [5.74, 6) is -0.148. The van der Waals surface area contributed by atoms with Gasteiger partial charge in [-0.15, -0.1) is 0 Å². The molecule has 0 radical (unpaired) electrons. The van der Waals surface area contributed by atoms with E-state index < -0.39 is 5.97 Å². The average Bonchev–Trinajstić information content (AvgIpc) is 2.74. The number of aromatic amines is 1. The molecule has 0 aromatic carbocycles. The monoisotopic (exact) mass is 251 g/mol. The Morgan fingerprint density at radius 3 is 2.83 bits per heavy atom. The predicted molar refractivity (Wildman–Crippen MR) is 65.1 cm³/mol. The number of H-pyrrole nitrogens is 1. The van der Waals surface area contributed by atoms with E-state index in [-0.39, 0.29) is 22.9 Å². The summed E-state index contributed by atoms with van der Waals surface area (Å²) in [6, 6.07) is 1.48. The minimum absolute atomic E-state index is 0.0280. The normalized spacial score (nSPS) is 20.3. The number of anilines is 1. The SMILES string of the molecule is CCOC(=O)c1cc(NC(=O)[C@H]2CC2(C)C)n[nH]1. The Hall–Kier alpha value is -1.85. The molecule has 1 atom stereocenters. The van der Waals surface area contributed by atoms with Crippen LogP contribution in [0.15, 0.2) is 6.07 Å². The van der Waals surface area contributed by atoms with E-state index in [0.29, 0.717) is 12.4 Å². The van der Waals surface area contributed by atoms with Crippen molar-refractivity contribution in [2.24, 2.45) is 11.3 Å². The number of rotatable bonds is 4. The molecule has 1 fully saturated rings. The number of nitrogens with zero attached hydrogens (tertiary/aromatic N) is 1. The maximum Gasteiger partial charge on any atom is 0.356 e. The van der Waals surface area contributed by atoms with E-state index in [2.05, 4.69) is 15.5 Å². The summed E-state index contributed by atoms with van der Waals surface area (Å²) in [4.78, 5) is 23.2. The molecule has 2 N–H and O–H groups in total. The molecule has 1 saturated carbocycles. The summed E-state index contributed by atoms with van der Waals surface area (Å²) in [7, 11) is 0. The van der Waals surface area contributed by atoms with Crippen LogP contribution in [0.1, 0.15) is 37.7 Å². The highest BCUT2D eigenvalue weighted by atomic mass is 16.5. The molecule has 0 bridgehead atoms. The standard InChI is InChI=1S/C12H17N3O3/c1-4-18-11(17)8-5-9(15-14-8)13-10(16)7-6-12(7,2)3/h5,7H,4,6H2,1-3H3,(H2,13,14,15,16)/t7-/m1/s1. The fourth-order valence-electron chi connectivity index (χ4n) is 1.83. The third kappa shape index (κ3) is 2.52. The van der Waals surface area contributed by atoms with Crippen LogP contribution in [0.25, 0.3) is 0 Å². The van der Waals surface area contributed by atoms with Gasteiger partial charge < -0.3 is 10.1 Å². The molecule has 98 valence electrons. The molecule has 18 heavy (non-hydrogen) atoms. The van der Waals surface area contributed by atoms with E-state index in [1.54, 1.807) is 6.92 Å². The smallest absolute Gasteiger partial charge is 0.356 e. The lowest BCUT2D eigenvalue weighted by Crippen LogP contribution is -2.16. The van der Waals surface area contributed by atoms with Crippen molar-refractivity contribution in [3.05, 3.63) is 11.8 Å². The molecule has 1 aromatic heterocycles. The zero-order valence-corrected chi connectivity index (χ0v) is 10.7. The van der Waals surface area contributed by atoms with Crippen molar-refractivity contribution >= 4 is 17.7 Å². The van der Waals surface area contributed by atoms with Gasteiger partial charge in [0.05, 0.1) is 6.61 Å². The van der Waals surface area contributed by atoms with Crippen LogP contribution in [0.5, 0.6) is 0 Å². The van der Waals surface area contributed by atoms with Gasteiger partial charge in [0.25, 0.3) is 0 Å². The van der Waals surface area contributed by atoms with Gasteiger partial charge in [-0.05, 0) is 18.8 Å². The van der Waals surface area contributed by atoms with Gasteiger partial charge in [-0.1, -0.05) is 13.8 Å². The highest BCUT2D eigenvalue weighted by Crippen LogP contribution is 2.51. The summed E-state index contributed by atoms with van der Waals surface area (Å²) in [5, 5.41) is 9.08. The number of hydrogen-bond donors (Lipinski definition) is 2. The van der Waals surface area contributed by atoms with Gasteiger partial charge in [-0.2, -0.15) is 5.10 Å². The molecule has 2 rings (SSSR count). The van der Waals surface area contributed by atoms with Crippen LogP contribution >= 0.6 is 0 Å². The molecule has 0 unspecified atom stereocenters. The van der Waals surface area contributed by atoms with Crippen LogP contribution in [0.4, 0.5) is 5.82 Å². The van der Waals surface area contributed by atoms with Crippen molar-refractivity contribution in [2.45, 2.75) is 27.2 Å². The second kappa shape index (κ2) is 4.44. The molecule has 1 amide bonds. The van der Waals surface area contributed by atoms with Crippen LogP contribution < -0.4 is 5.32 Å². The lowest BCUT2D eigenvalue weighted by atomic mass is 10.1. The zero-order valence-electron chi connectivity index (χ0n) is 10.7. The third-order valence-electron chi connectivity index (χ3n) is 3.15. The van der Waals surface area contributed by atoms with Gasteiger partial charge in [0.15, 0.2) is 5.82 Å². The van der Waals surface area contributed by atoms with E-state index in [9.17, 15) is 9.59 Å². The first-order valence-corrected chi connectivity index (χ1v) is 5.97. The first kappa shape index (κ1) is 12.6. The lowest BCUT2D eigenvalue weighted by Gasteiger charge is -2.02. The number of amides is 1. The van der Waals surface area contributed by atoms with Gasteiger partial charge in [0.1, 0.15) is 5.69 Å². The van der Waals surface area contributed by atoms with Crippen molar-refractivity contribution in [2.75, 3.05) is 11.9 Å². The Kier molecular flexibility index (Phi) is 3.11. The summed E-state index contributed by atoms with van der Waals surface area (Å²) in [5.41, 5.74) is 0.312. The van der Waals surface area contributed by atoms with Crippen LogP contribution in [0.3, 0.4) is 0 Å². The predicted octanol–water partition coefficient (Wildman–Crippen LogP) is 1.57. The number of carbonyl (C=O) groups excluding carboxylic acids is 2. The number of hydrogen-bond acceptors (Lipinski definition) is 4. The molecule has 1 aliphatic carbocycles. The fraction of sp³-hybridized carbons (Fsp3) is 0.583. The highest BCUT2D eigenvalue weighted by Gasteiger charge is 2.50. The van der Waals surface area contributed by atoms with Gasteiger partial charge in [0, 0.05) is 12.0 Å². The van der Waals surface area contributed by atoms with Crippen LogP contribution in [-0.4, -0.2) is 28.7 Å². The summed E-state index contributed by atoms with van der Waals surface area (Å²) < 4.78 is 4.82. The average molecular weight is 251 g/mol. The largest absolute Gasteiger partial charge is 0.461 e. The number of carbonyl (C=O) groups is 2. The Morgan fingerprint density at radius 2 is 2.28 bits per heavy atom. The summed E-state index contributed by atoms with van der Waals surface area (Å²) in [6.45, 7) is 6.12. The maximum atomic E-state index is 11.8. The zero-order chi connectivity index (χ0) is 13.3. The minimum atomic E-state index is -0.475. The number of ether oxygens (including phenoxy) is 1. The Labute approximate surface area is 105 Å². The van der Waals surface area contributed by atoms with E-state index in [1.165, 1.54) is 6.07 Å². The minimum Gasteiger partial charge on any atom is -0.461 e. The second-order valence-electron chi connectivity index (χ2n) is 5.12. The Balaban J connectivity index is 1.95. The first-order chi connectivity index (χ1) is 8.44. The molecule has 6 heteroatoms. The molecule has 6 nitrogen and oxygen atoms in total. The molecular weight excluding hydrogens is 234 g/mol. The number of esters is 1. The topological polar surface area (TPSA) is 84.1 Å². The summed E-state index contributed by atoms with van der Waals surface area (Å²) in [6.07, 6.45) is 0.883. The lowest BCUT2D eigenvalue weighted by molar-refractivity contribution is -0.118. The number of aromatic nitrogens is 2. The van der Waals surface area contributed by atoms with Crippen LogP contribution in [0, 0.1) is 11.3 Å². The van der Waals surface area contributed by atoms with Gasteiger partial charge in [-0.25, -0.2) is 4.79 Å². The van der Waals surface area contributed by atoms with E-state index >= 15 is 0 Å². The quantitative estimate of drug-likeness (QED) is 0.795. The Bertz CT molecular complexity index is 479. The highest BCUT2D eigenvalue weighted by molar-refractivity contribution is 5.95. The van der Waals surface area contributed by atoms with Crippen molar-refractivity contribution in [1.82, 2.24) is 10.2 Å². The van der Waals surface area contributed by atoms with Gasteiger partial charge in [0.2, 0.25) is 5.91 Å². The molecule has 1 heterocycles. The van der Waals surface area contributed by atoms with Crippen molar-refractivity contribution in [3.8, 4) is 0 Å². The van der Waals surface area contributed by atoms with E-state index in [1.807, 2.05) is 13.8 Å². The van der Waals surface area contributed by atoms with Crippen molar-refractivity contribution in [1.29, 1.82) is 0 Å². The van der Waals surface area contributed by atoms with Crippen LogP contribution in [0.2, 0.25) is 0 Å². The summed E-state index contributed by atoms with van der Waals surface area (Å²) >= 11 is 0. The van der Waals surface area contributed by atoms with Crippen molar-refractivity contribution in [3.63, 3.8) is 0 Å². The Morgan fingerprint density at radius 1 is 1.61 bits per heavy atom. The van der Waals surface area contributed by atoms with Crippen molar-refractivity contribution < 1.29 is 14.3 Å². The third-order valence-corrected chi connectivity index (χ3v) is 3.15. The molecule has 0 saturated heterocycles. The molecule has 1 aliphatic rings.